The molecule has 0 saturated heterocycles. The molecule has 0 heterocycles. The maximum atomic E-state index is 10.3. The van der Waals surface area contributed by atoms with Gasteiger partial charge < -0.3 is 5.73 Å². The Balaban J connectivity index is 0. The quantitative estimate of drug-likeness (QED) is 0.505. The second kappa shape index (κ2) is 6.22. The van der Waals surface area contributed by atoms with Crippen molar-refractivity contribution in [3.05, 3.63) is 0 Å². The minimum absolute atomic E-state index is 0.225. The van der Waals surface area contributed by atoms with E-state index in [1.54, 1.807) is 0 Å². The van der Waals surface area contributed by atoms with Crippen molar-refractivity contribution in [2.75, 3.05) is 14.1 Å². The standard InChI is InChI=1S/C5H9NO2.CH5N/c1-4(7)6(3)5(2)8;1-2/h1-3H3;2H2,1H3. The van der Waals surface area contributed by atoms with E-state index in [0.29, 0.717) is 0 Å². The average Bonchev–Trinajstić information content (AvgIpc) is 1.90. The Hall–Kier alpha value is -0.900. The summed E-state index contributed by atoms with van der Waals surface area (Å²) >= 11 is 0. The molecule has 0 aromatic heterocycles. The first-order valence-corrected chi connectivity index (χ1v) is 2.88. The molecule has 0 radical (unpaired) electrons. The van der Waals surface area contributed by atoms with Crippen LogP contribution in [0.1, 0.15) is 13.8 Å². The zero-order chi connectivity index (χ0) is 8.73. The minimum Gasteiger partial charge on any atom is -0.333 e. The number of carbonyl (C=O) groups excluding carboxylic acids is 2. The van der Waals surface area contributed by atoms with Crippen molar-refractivity contribution < 1.29 is 9.59 Å². The molecule has 0 aromatic carbocycles. The Morgan fingerprint density at radius 2 is 1.30 bits per heavy atom. The molecule has 0 saturated carbocycles. The monoisotopic (exact) mass is 146 g/mol. The van der Waals surface area contributed by atoms with Gasteiger partial charge in [0.15, 0.2) is 0 Å². The lowest BCUT2D eigenvalue weighted by molar-refractivity contribution is -0.140. The molecule has 0 spiro atoms. The van der Waals surface area contributed by atoms with Gasteiger partial charge in [-0.25, -0.2) is 0 Å². The van der Waals surface area contributed by atoms with E-state index in [9.17, 15) is 9.59 Å². The molecule has 60 valence electrons. The lowest BCUT2D eigenvalue weighted by Crippen LogP contribution is -2.28. The van der Waals surface area contributed by atoms with Gasteiger partial charge in [0, 0.05) is 20.9 Å². The zero-order valence-electron chi connectivity index (χ0n) is 6.84. The fourth-order valence-electron chi connectivity index (χ4n) is 0.222. The molecular formula is C6H14N2O2. The highest BCUT2D eigenvalue weighted by Crippen LogP contribution is 1.81. The molecule has 0 aliphatic carbocycles. The van der Waals surface area contributed by atoms with Crippen LogP contribution in [0.3, 0.4) is 0 Å². The fourth-order valence-corrected chi connectivity index (χ4v) is 0.222. The van der Waals surface area contributed by atoms with E-state index >= 15 is 0 Å². The van der Waals surface area contributed by atoms with E-state index in [-0.39, 0.29) is 11.8 Å². The third-order valence-electron chi connectivity index (χ3n) is 0.945. The number of nitrogens with zero attached hydrogens (tertiary/aromatic N) is 1. The second-order valence-corrected chi connectivity index (χ2v) is 1.60. The maximum Gasteiger partial charge on any atom is 0.225 e. The summed E-state index contributed by atoms with van der Waals surface area (Å²) in [5.74, 6) is -0.449. The highest BCUT2D eigenvalue weighted by Gasteiger charge is 2.04. The lowest BCUT2D eigenvalue weighted by Gasteiger charge is -2.07. The lowest BCUT2D eigenvalue weighted by atomic mass is 10.5. The van der Waals surface area contributed by atoms with Crippen LogP contribution in [0.5, 0.6) is 0 Å². The number of nitrogens with two attached hydrogens (primary N) is 1. The van der Waals surface area contributed by atoms with E-state index in [0.717, 1.165) is 4.90 Å². The summed E-state index contributed by atoms with van der Waals surface area (Å²) in [6, 6.07) is 0. The van der Waals surface area contributed by atoms with Crippen molar-refractivity contribution >= 4 is 11.8 Å². The molecule has 10 heavy (non-hydrogen) atoms. The summed E-state index contributed by atoms with van der Waals surface area (Å²) in [5.41, 5.74) is 4.50. The molecule has 2 amide bonds. The van der Waals surface area contributed by atoms with Crippen LogP contribution in [-0.2, 0) is 9.59 Å². The molecule has 4 heteroatoms. The molecule has 0 bridgehead atoms. The molecule has 0 atom stereocenters. The summed E-state index contributed by atoms with van der Waals surface area (Å²) in [6.45, 7) is 2.70. The van der Waals surface area contributed by atoms with E-state index in [1.165, 1.54) is 27.9 Å². The minimum atomic E-state index is -0.225. The van der Waals surface area contributed by atoms with Crippen LogP contribution in [0.4, 0.5) is 0 Å². The van der Waals surface area contributed by atoms with E-state index in [2.05, 4.69) is 5.73 Å². The van der Waals surface area contributed by atoms with Crippen LogP contribution in [0.25, 0.3) is 0 Å². The van der Waals surface area contributed by atoms with E-state index in [1.807, 2.05) is 0 Å². The second-order valence-electron chi connectivity index (χ2n) is 1.60. The third-order valence-corrected chi connectivity index (χ3v) is 0.945. The van der Waals surface area contributed by atoms with Crippen molar-refractivity contribution in [2.24, 2.45) is 5.73 Å². The highest BCUT2D eigenvalue weighted by atomic mass is 16.2. The van der Waals surface area contributed by atoms with Crippen LogP contribution in [0.2, 0.25) is 0 Å². The van der Waals surface area contributed by atoms with Crippen LogP contribution in [0.15, 0.2) is 0 Å². The van der Waals surface area contributed by atoms with Gasteiger partial charge in [-0.2, -0.15) is 0 Å². The summed E-state index contributed by atoms with van der Waals surface area (Å²) in [6.07, 6.45) is 0. The van der Waals surface area contributed by atoms with Crippen molar-refractivity contribution in [3.63, 3.8) is 0 Å². The normalized spacial score (nSPS) is 7.30. The average molecular weight is 146 g/mol. The molecule has 0 aliphatic rings. The topological polar surface area (TPSA) is 63.4 Å². The number of imide groups is 1. The number of amides is 2. The zero-order valence-corrected chi connectivity index (χ0v) is 6.84. The highest BCUT2D eigenvalue weighted by molar-refractivity contribution is 5.92. The van der Waals surface area contributed by atoms with E-state index < -0.39 is 0 Å². The van der Waals surface area contributed by atoms with Gasteiger partial charge in [-0.3, -0.25) is 14.5 Å². The van der Waals surface area contributed by atoms with Gasteiger partial charge in [0.2, 0.25) is 11.8 Å². The first-order valence-electron chi connectivity index (χ1n) is 2.88. The van der Waals surface area contributed by atoms with Gasteiger partial charge in [-0.1, -0.05) is 0 Å². The summed E-state index contributed by atoms with van der Waals surface area (Å²) < 4.78 is 0. The number of carbonyl (C=O) groups is 2. The first-order chi connectivity index (χ1) is 4.55. The molecule has 2 N–H and O–H groups in total. The van der Waals surface area contributed by atoms with Crippen LogP contribution in [0, 0.1) is 0 Å². The van der Waals surface area contributed by atoms with Gasteiger partial charge in [-0.05, 0) is 7.05 Å². The third kappa shape index (κ3) is 5.24. The molecule has 0 fully saturated rings. The summed E-state index contributed by atoms with van der Waals surface area (Å²) in [4.78, 5) is 21.6. The van der Waals surface area contributed by atoms with Gasteiger partial charge in [0.1, 0.15) is 0 Å². The molecule has 0 aliphatic heterocycles. The van der Waals surface area contributed by atoms with Gasteiger partial charge in [0.25, 0.3) is 0 Å². The maximum absolute atomic E-state index is 10.3. The van der Waals surface area contributed by atoms with Crippen molar-refractivity contribution in [3.8, 4) is 0 Å². The number of hydrogen-bond donors (Lipinski definition) is 1. The van der Waals surface area contributed by atoms with Crippen molar-refractivity contribution in [1.82, 2.24) is 4.90 Å². The summed E-state index contributed by atoms with van der Waals surface area (Å²) in [7, 11) is 2.95. The van der Waals surface area contributed by atoms with Gasteiger partial charge >= 0.3 is 0 Å². The largest absolute Gasteiger partial charge is 0.333 e. The molecule has 0 rings (SSSR count). The molecule has 4 nitrogen and oxygen atoms in total. The van der Waals surface area contributed by atoms with E-state index in [4.69, 9.17) is 0 Å². The Morgan fingerprint density at radius 3 is 1.30 bits per heavy atom. The summed E-state index contributed by atoms with van der Waals surface area (Å²) in [5, 5.41) is 0. The Bertz CT molecular complexity index is 109. The smallest absolute Gasteiger partial charge is 0.225 e. The number of rotatable bonds is 0. The molecular weight excluding hydrogens is 132 g/mol. The first kappa shape index (κ1) is 11.8. The molecule has 0 aromatic rings. The van der Waals surface area contributed by atoms with Crippen molar-refractivity contribution in [2.45, 2.75) is 13.8 Å². The SMILES string of the molecule is CC(=O)N(C)C(C)=O.CN. The number of hydrogen-bond acceptors (Lipinski definition) is 3. The van der Waals surface area contributed by atoms with Crippen LogP contribution in [-0.4, -0.2) is 30.8 Å². The van der Waals surface area contributed by atoms with Crippen molar-refractivity contribution in [1.29, 1.82) is 0 Å². The van der Waals surface area contributed by atoms with Crippen LogP contribution >= 0.6 is 0 Å². The Kier molecular flexibility index (Phi) is 7.37. The van der Waals surface area contributed by atoms with Gasteiger partial charge in [-0.15, -0.1) is 0 Å². The van der Waals surface area contributed by atoms with Gasteiger partial charge in [0.05, 0.1) is 0 Å². The molecule has 0 unspecified atom stereocenters. The Labute approximate surface area is 61.0 Å². The Morgan fingerprint density at radius 1 is 1.10 bits per heavy atom. The fraction of sp³-hybridized carbons (Fsp3) is 0.667. The predicted molar refractivity (Wildman–Crippen MR) is 39.2 cm³/mol. The van der Waals surface area contributed by atoms with Crippen LogP contribution < -0.4 is 5.73 Å². The predicted octanol–water partition coefficient (Wildman–Crippen LogP) is -0.414.